The summed E-state index contributed by atoms with van der Waals surface area (Å²) in [6.07, 6.45) is 0. The predicted octanol–water partition coefficient (Wildman–Crippen LogP) is 6.92. The molecule has 0 atom stereocenters. The Balaban J connectivity index is 0.000000262. The highest BCUT2D eigenvalue weighted by atomic mass is 35.5. The summed E-state index contributed by atoms with van der Waals surface area (Å²) < 4.78 is 119. The summed E-state index contributed by atoms with van der Waals surface area (Å²) in [6, 6.07) is 12.9. The van der Waals surface area contributed by atoms with Gasteiger partial charge in [-0.25, -0.2) is 32.3 Å². The molecule has 6 aromatic rings. The molecule has 0 aliphatic heterocycles. The van der Waals surface area contributed by atoms with Crippen molar-refractivity contribution in [2.75, 3.05) is 14.2 Å². The molecule has 4 aromatic carbocycles. The van der Waals surface area contributed by atoms with Crippen LogP contribution in [-0.2, 0) is 13.1 Å². The van der Waals surface area contributed by atoms with Gasteiger partial charge in [0.15, 0.2) is 11.6 Å². The normalized spacial score (nSPS) is 10.4. The highest BCUT2D eigenvalue weighted by Gasteiger charge is 2.19. The molecule has 2 heterocycles. The molecule has 15 nitrogen and oxygen atoms in total. The maximum Gasteiger partial charge on any atom is 0.387 e. The molecule has 0 aliphatic rings. The van der Waals surface area contributed by atoms with E-state index in [4.69, 9.17) is 20.3 Å². The van der Waals surface area contributed by atoms with Crippen LogP contribution in [0.15, 0.2) is 72.8 Å². The van der Waals surface area contributed by atoms with Crippen LogP contribution >= 0.6 is 12.4 Å². The van der Waals surface area contributed by atoms with Crippen LogP contribution < -0.4 is 30.0 Å². The molecular formula is C36H31ClF8N8O7. The zero-order valence-electron chi connectivity index (χ0n) is 30.7. The SMILES string of the molecule is COc1ccc(F)cc1-c1n[nH]c(CN)n1.COc1ccc(F)cc1-c1n[nH]c(CNC(=O)c2cc(F)ccc2OC(F)F)n1.Cl.O=C(O)c1cc(F)ccc1OC(F)F. The molecule has 1 amide bonds. The van der Waals surface area contributed by atoms with Gasteiger partial charge in [0.1, 0.15) is 63.5 Å². The second-order valence-corrected chi connectivity index (χ2v) is 11.1. The minimum atomic E-state index is -3.18. The van der Waals surface area contributed by atoms with Crippen LogP contribution in [-0.4, -0.2) is 74.8 Å². The summed E-state index contributed by atoms with van der Waals surface area (Å²) >= 11 is 0. The van der Waals surface area contributed by atoms with E-state index < -0.39 is 65.2 Å². The number of carboxylic acids is 1. The molecule has 0 radical (unpaired) electrons. The third kappa shape index (κ3) is 13.3. The number of hydrogen-bond acceptors (Lipinski definition) is 11. The number of nitrogens with one attached hydrogen (secondary N) is 3. The maximum atomic E-state index is 13.5. The number of nitrogens with two attached hydrogens (primary N) is 1. The number of carbonyl (C=O) groups excluding carboxylic acids is 1. The fourth-order valence-electron chi connectivity index (χ4n) is 4.72. The van der Waals surface area contributed by atoms with Crippen molar-refractivity contribution in [2.24, 2.45) is 5.73 Å². The van der Waals surface area contributed by atoms with E-state index in [0.717, 1.165) is 30.3 Å². The third-order valence-electron chi connectivity index (χ3n) is 7.27. The highest BCUT2D eigenvalue weighted by molar-refractivity contribution is 5.97. The molecule has 2 aromatic heterocycles. The lowest BCUT2D eigenvalue weighted by Crippen LogP contribution is -2.24. The summed E-state index contributed by atoms with van der Waals surface area (Å²) in [5, 5.41) is 24.0. The van der Waals surface area contributed by atoms with Crippen molar-refractivity contribution < 1.29 is 68.8 Å². The lowest BCUT2D eigenvalue weighted by molar-refractivity contribution is -0.0510. The molecule has 0 saturated carbocycles. The van der Waals surface area contributed by atoms with E-state index >= 15 is 0 Å². The number of hydrogen-bond donors (Lipinski definition) is 5. The van der Waals surface area contributed by atoms with Crippen molar-refractivity contribution in [1.29, 1.82) is 0 Å². The standard InChI is InChI=1S/C18H14F4N4O3.C10H11FN4O.C8H5F3O3.ClH/c1-28-13-4-2-9(19)6-11(13)16-24-15(25-26-16)8-23-17(27)12-7-10(20)3-5-14(12)29-18(21)22;1-16-8-3-2-6(11)4-7(8)10-13-9(5-12)14-15-10;9-4-1-2-6(14-8(10)11)5(3-4)7(12)13;/h2-7,18H,8H2,1H3,(H,23,27)(H,24,25,26);2-4H,5,12H2,1H3,(H,13,14,15);1-3,8H,(H,12,13);1H. The molecule has 0 saturated heterocycles. The Hall–Kier alpha value is -7.01. The number of carbonyl (C=O) groups is 2. The summed E-state index contributed by atoms with van der Waals surface area (Å²) in [5.41, 5.74) is 5.15. The van der Waals surface area contributed by atoms with E-state index in [1.807, 2.05) is 0 Å². The van der Waals surface area contributed by atoms with Crippen LogP contribution in [0.1, 0.15) is 32.4 Å². The van der Waals surface area contributed by atoms with E-state index in [0.29, 0.717) is 40.3 Å². The first-order chi connectivity index (χ1) is 28.1. The highest BCUT2D eigenvalue weighted by Crippen LogP contribution is 2.29. The lowest BCUT2D eigenvalue weighted by atomic mass is 10.2. The number of halogens is 9. The number of aromatic amines is 2. The van der Waals surface area contributed by atoms with Gasteiger partial charge in [0.05, 0.1) is 44.0 Å². The number of methoxy groups -OCH3 is 2. The van der Waals surface area contributed by atoms with Crippen LogP contribution in [0, 0.1) is 23.3 Å². The van der Waals surface area contributed by atoms with E-state index in [2.05, 4.69) is 45.2 Å². The zero-order valence-corrected chi connectivity index (χ0v) is 31.5. The number of alkyl halides is 4. The fourth-order valence-corrected chi connectivity index (χ4v) is 4.72. The van der Waals surface area contributed by atoms with E-state index in [1.54, 1.807) is 0 Å². The first-order valence-electron chi connectivity index (χ1n) is 16.3. The van der Waals surface area contributed by atoms with Crippen molar-refractivity contribution in [3.63, 3.8) is 0 Å². The van der Waals surface area contributed by atoms with Gasteiger partial charge in [-0.3, -0.25) is 15.0 Å². The summed E-state index contributed by atoms with van der Waals surface area (Å²) in [5.74, 6) is -3.84. The molecule has 0 aliphatic carbocycles. The largest absolute Gasteiger partial charge is 0.496 e. The smallest absolute Gasteiger partial charge is 0.387 e. The molecule has 0 unspecified atom stereocenters. The molecule has 0 fully saturated rings. The number of aromatic nitrogens is 6. The Morgan fingerprint density at radius 1 is 0.667 bits per heavy atom. The van der Waals surface area contributed by atoms with Gasteiger partial charge in [0, 0.05) is 0 Å². The number of benzene rings is 4. The van der Waals surface area contributed by atoms with Gasteiger partial charge in [0.2, 0.25) is 0 Å². The average Bonchev–Trinajstić information content (AvgIpc) is 3.89. The number of carboxylic acid groups (broad SMARTS) is 1. The van der Waals surface area contributed by atoms with E-state index in [-0.39, 0.29) is 43.0 Å². The number of amides is 1. The number of aromatic carboxylic acids is 1. The average molecular weight is 875 g/mol. The first kappa shape index (κ1) is 47.4. The van der Waals surface area contributed by atoms with Crippen molar-refractivity contribution in [1.82, 2.24) is 35.7 Å². The van der Waals surface area contributed by atoms with Gasteiger partial charge in [-0.15, -0.1) is 12.4 Å². The van der Waals surface area contributed by atoms with Gasteiger partial charge >= 0.3 is 19.2 Å². The Morgan fingerprint density at radius 2 is 1.07 bits per heavy atom. The Labute approximate surface area is 339 Å². The number of H-pyrrole nitrogens is 2. The Kier molecular flexibility index (Phi) is 17.5. The topological polar surface area (TPSA) is 212 Å². The van der Waals surface area contributed by atoms with Crippen molar-refractivity contribution in [2.45, 2.75) is 26.3 Å². The van der Waals surface area contributed by atoms with Gasteiger partial charge in [0.25, 0.3) is 5.91 Å². The van der Waals surface area contributed by atoms with E-state index in [9.17, 15) is 44.7 Å². The van der Waals surface area contributed by atoms with Crippen LogP contribution in [0.25, 0.3) is 22.8 Å². The van der Waals surface area contributed by atoms with Crippen LogP contribution in [0.4, 0.5) is 35.1 Å². The van der Waals surface area contributed by atoms with Crippen molar-refractivity contribution >= 4 is 24.3 Å². The van der Waals surface area contributed by atoms with Gasteiger partial charge in [-0.1, -0.05) is 0 Å². The Morgan fingerprint density at radius 3 is 1.48 bits per heavy atom. The minimum absolute atomic E-state index is 0. The molecule has 0 spiro atoms. The zero-order chi connectivity index (χ0) is 43.2. The molecule has 24 heteroatoms. The molecule has 320 valence electrons. The van der Waals surface area contributed by atoms with Crippen molar-refractivity contribution in [3.8, 4) is 45.8 Å². The van der Waals surface area contributed by atoms with Gasteiger partial charge < -0.3 is 35.1 Å². The number of rotatable bonds is 13. The van der Waals surface area contributed by atoms with Gasteiger partial charge in [-0.05, 0) is 72.8 Å². The second kappa shape index (κ2) is 22.2. The maximum absolute atomic E-state index is 13.5. The predicted molar refractivity (Wildman–Crippen MR) is 196 cm³/mol. The molecule has 0 bridgehead atoms. The molecule has 6 rings (SSSR count). The van der Waals surface area contributed by atoms with Crippen molar-refractivity contribution in [3.05, 3.63) is 119 Å². The summed E-state index contributed by atoms with van der Waals surface area (Å²) in [6.45, 7) is -6.25. The first-order valence-corrected chi connectivity index (χ1v) is 16.3. The van der Waals surface area contributed by atoms with Crippen LogP contribution in [0.2, 0.25) is 0 Å². The monoisotopic (exact) mass is 874 g/mol. The van der Waals surface area contributed by atoms with Crippen LogP contribution in [0.5, 0.6) is 23.0 Å². The van der Waals surface area contributed by atoms with Gasteiger partial charge in [-0.2, -0.15) is 27.8 Å². The third-order valence-corrected chi connectivity index (χ3v) is 7.27. The minimum Gasteiger partial charge on any atom is -0.496 e. The Bertz CT molecular complexity index is 2370. The molecule has 6 N–H and O–H groups in total. The molecular weight excluding hydrogens is 844 g/mol. The summed E-state index contributed by atoms with van der Waals surface area (Å²) in [4.78, 5) is 31.0. The lowest BCUT2D eigenvalue weighted by Gasteiger charge is -2.10. The van der Waals surface area contributed by atoms with E-state index in [1.165, 1.54) is 50.6 Å². The number of nitrogens with zero attached hydrogens (tertiary/aromatic N) is 4. The fraction of sp³-hybridized carbons (Fsp3) is 0.167. The summed E-state index contributed by atoms with van der Waals surface area (Å²) in [7, 11) is 2.91. The quantitative estimate of drug-likeness (QED) is 0.0749. The van der Waals surface area contributed by atoms with Crippen LogP contribution in [0.3, 0.4) is 0 Å². The second-order valence-electron chi connectivity index (χ2n) is 11.1. The number of ether oxygens (including phenoxy) is 4. The molecule has 60 heavy (non-hydrogen) atoms.